The van der Waals surface area contributed by atoms with Crippen LogP contribution in [-0.2, 0) is 16.1 Å². The average molecular weight is 256 g/mol. The van der Waals surface area contributed by atoms with E-state index in [0.29, 0.717) is 6.42 Å². The zero-order valence-electron chi connectivity index (χ0n) is 9.48. The number of ether oxygens (including phenoxy) is 1. The number of hydrogen-bond donors (Lipinski definition) is 1. The number of carbonyl (C=O) groups excluding carboxylic acids is 2. The zero-order valence-corrected chi connectivity index (χ0v) is 10.2. The van der Waals surface area contributed by atoms with Gasteiger partial charge in [0, 0.05) is 0 Å². The van der Waals surface area contributed by atoms with Gasteiger partial charge in [-0.1, -0.05) is 37.3 Å². The minimum absolute atomic E-state index is 0.166. The number of hydrogen-bond acceptors (Lipinski definition) is 3. The monoisotopic (exact) mass is 255 g/mol. The van der Waals surface area contributed by atoms with Gasteiger partial charge in [-0.3, -0.25) is 4.79 Å². The number of halogens is 1. The Hall–Kier alpha value is -1.55. The van der Waals surface area contributed by atoms with Crippen LogP contribution in [0.2, 0.25) is 0 Å². The van der Waals surface area contributed by atoms with Crippen LogP contribution in [-0.4, -0.2) is 17.4 Å². The normalized spacial score (nSPS) is 11.6. The third-order valence-corrected chi connectivity index (χ3v) is 2.45. The molecule has 0 aromatic heterocycles. The Morgan fingerprint density at radius 3 is 2.53 bits per heavy atom. The van der Waals surface area contributed by atoms with E-state index < -0.39 is 17.4 Å². The highest BCUT2D eigenvalue weighted by Gasteiger charge is 2.17. The van der Waals surface area contributed by atoms with Crippen molar-refractivity contribution in [1.82, 2.24) is 5.32 Å². The molecule has 17 heavy (non-hydrogen) atoms. The van der Waals surface area contributed by atoms with Gasteiger partial charge in [-0.2, -0.15) is 0 Å². The molecule has 1 rings (SSSR count). The van der Waals surface area contributed by atoms with Crippen molar-refractivity contribution in [2.45, 2.75) is 26.0 Å². The number of rotatable bonds is 5. The Labute approximate surface area is 105 Å². The summed E-state index contributed by atoms with van der Waals surface area (Å²) in [6.07, 6.45) is -0.210. The summed E-state index contributed by atoms with van der Waals surface area (Å²) in [5.41, 5.74) is 0.882. The molecule has 5 heteroatoms. The molecule has 1 amide bonds. The minimum Gasteiger partial charge on any atom is -0.445 e. The molecule has 0 heterocycles. The summed E-state index contributed by atoms with van der Waals surface area (Å²) in [5, 5.41) is 1.80. The molecule has 0 unspecified atom stereocenters. The summed E-state index contributed by atoms with van der Waals surface area (Å²) in [7, 11) is 0. The fraction of sp³-hybridized carbons (Fsp3) is 0.333. The third-order valence-electron chi connectivity index (χ3n) is 2.19. The van der Waals surface area contributed by atoms with Crippen LogP contribution in [0.3, 0.4) is 0 Å². The van der Waals surface area contributed by atoms with E-state index >= 15 is 0 Å². The molecule has 1 N–H and O–H groups in total. The molecule has 0 saturated carbocycles. The summed E-state index contributed by atoms with van der Waals surface area (Å²) >= 11 is 5.30. The first-order chi connectivity index (χ1) is 8.13. The van der Waals surface area contributed by atoms with Crippen molar-refractivity contribution < 1.29 is 14.3 Å². The second kappa shape index (κ2) is 6.91. The van der Waals surface area contributed by atoms with Crippen LogP contribution < -0.4 is 5.32 Å². The molecule has 0 saturated heterocycles. The number of alkyl carbamates (subject to hydrolysis) is 1. The van der Waals surface area contributed by atoms with Gasteiger partial charge < -0.3 is 10.1 Å². The number of amides is 1. The maximum atomic E-state index is 11.3. The van der Waals surface area contributed by atoms with Crippen molar-refractivity contribution in [3.05, 3.63) is 35.9 Å². The summed E-state index contributed by atoms with van der Waals surface area (Å²) < 4.78 is 4.95. The fourth-order valence-corrected chi connectivity index (χ4v) is 1.44. The predicted molar refractivity (Wildman–Crippen MR) is 64.7 cm³/mol. The Balaban J connectivity index is 2.37. The van der Waals surface area contributed by atoms with Crippen molar-refractivity contribution in [1.29, 1.82) is 0 Å². The Bertz CT molecular complexity index is 381. The van der Waals surface area contributed by atoms with E-state index in [1.165, 1.54) is 0 Å². The van der Waals surface area contributed by atoms with Crippen molar-refractivity contribution >= 4 is 22.9 Å². The van der Waals surface area contributed by atoms with Gasteiger partial charge in [0.05, 0.1) is 0 Å². The van der Waals surface area contributed by atoms with Gasteiger partial charge in [0.1, 0.15) is 12.6 Å². The fourth-order valence-electron chi connectivity index (χ4n) is 1.23. The minimum atomic E-state index is -0.694. The lowest BCUT2D eigenvalue weighted by Gasteiger charge is -2.12. The summed E-state index contributed by atoms with van der Waals surface area (Å²) in [5.74, 6) is 0. The average Bonchev–Trinajstić information content (AvgIpc) is 2.34. The largest absolute Gasteiger partial charge is 0.445 e. The molecule has 92 valence electrons. The topological polar surface area (TPSA) is 55.4 Å². The van der Waals surface area contributed by atoms with Crippen molar-refractivity contribution in [2.24, 2.45) is 0 Å². The van der Waals surface area contributed by atoms with Gasteiger partial charge in [-0.05, 0) is 23.6 Å². The SMILES string of the molecule is CC[C@H](NC(=O)OCc1ccccc1)C(=O)Cl. The molecule has 1 aromatic rings. The van der Waals surface area contributed by atoms with Crippen LogP contribution in [0.5, 0.6) is 0 Å². The van der Waals surface area contributed by atoms with E-state index in [1.807, 2.05) is 30.3 Å². The Morgan fingerprint density at radius 1 is 1.35 bits per heavy atom. The molecule has 1 aromatic carbocycles. The second-order valence-corrected chi connectivity index (χ2v) is 3.84. The van der Waals surface area contributed by atoms with Crippen LogP contribution in [0.15, 0.2) is 30.3 Å². The van der Waals surface area contributed by atoms with E-state index in [2.05, 4.69) is 5.32 Å². The van der Waals surface area contributed by atoms with Crippen molar-refractivity contribution in [3.63, 3.8) is 0 Å². The van der Waals surface area contributed by atoms with Gasteiger partial charge in [0.15, 0.2) is 0 Å². The molecule has 1 atom stereocenters. The van der Waals surface area contributed by atoms with Crippen molar-refractivity contribution in [2.75, 3.05) is 0 Å². The predicted octanol–water partition coefficient (Wildman–Crippen LogP) is 2.46. The van der Waals surface area contributed by atoms with E-state index in [9.17, 15) is 9.59 Å². The molecule has 0 radical (unpaired) electrons. The lowest BCUT2D eigenvalue weighted by Crippen LogP contribution is -2.38. The highest BCUT2D eigenvalue weighted by molar-refractivity contribution is 6.64. The van der Waals surface area contributed by atoms with E-state index in [-0.39, 0.29) is 6.61 Å². The third kappa shape index (κ3) is 4.87. The zero-order chi connectivity index (χ0) is 12.7. The number of nitrogens with one attached hydrogen (secondary N) is 1. The Kier molecular flexibility index (Phi) is 5.49. The van der Waals surface area contributed by atoms with Crippen molar-refractivity contribution in [3.8, 4) is 0 Å². The molecule has 0 bridgehead atoms. The Morgan fingerprint density at radius 2 is 2.00 bits per heavy atom. The van der Waals surface area contributed by atoms with Crippen LogP contribution >= 0.6 is 11.6 Å². The number of carbonyl (C=O) groups is 2. The van der Waals surface area contributed by atoms with Crippen LogP contribution in [0.4, 0.5) is 4.79 Å². The first kappa shape index (κ1) is 13.5. The second-order valence-electron chi connectivity index (χ2n) is 3.47. The summed E-state index contributed by atoms with van der Waals surface area (Å²) in [6, 6.07) is 8.58. The highest BCUT2D eigenvalue weighted by atomic mass is 35.5. The molecule has 0 aliphatic rings. The maximum Gasteiger partial charge on any atom is 0.408 e. The van der Waals surface area contributed by atoms with Gasteiger partial charge in [0.2, 0.25) is 5.24 Å². The molecule has 0 aliphatic carbocycles. The smallest absolute Gasteiger partial charge is 0.408 e. The van der Waals surface area contributed by atoms with Gasteiger partial charge >= 0.3 is 6.09 Å². The van der Waals surface area contributed by atoms with Crippen LogP contribution in [0.1, 0.15) is 18.9 Å². The lowest BCUT2D eigenvalue weighted by atomic mass is 10.2. The molecule has 4 nitrogen and oxygen atoms in total. The first-order valence-electron chi connectivity index (χ1n) is 5.30. The van der Waals surface area contributed by atoms with Gasteiger partial charge in [-0.15, -0.1) is 0 Å². The summed E-state index contributed by atoms with van der Waals surface area (Å²) in [4.78, 5) is 22.2. The maximum absolute atomic E-state index is 11.3. The van der Waals surface area contributed by atoms with E-state index in [4.69, 9.17) is 16.3 Å². The molecule has 0 aliphatic heterocycles. The van der Waals surface area contributed by atoms with Crippen LogP contribution in [0.25, 0.3) is 0 Å². The quantitative estimate of drug-likeness (QED) is 0.823. The van der Waals surface area contributed by atoms with E-state index in [1.54, 1.807) is 6.92 Å². The lowest BCUT2D eigenvalue weighted by molar-refractivity contribution is -0.113. The molecule has 0 fully saturated rings. The summed E-state index contributed by atoms with van der Waals surface area (Å²) in [6.45, 7) is 1.92. The highest BCUT2D eigenvalue weighted by Crippen LogP contribution is 2.02. The standard InChI is InChI=1S/C12H14ClNO3/c1-2-10(11(13)15)14-12(16)17-8-9-6-4-3-5-7-9/h3-7,10H,2,8H2,1H3,(H,14,16)/t10-/m0/s1. The molecule has 0 spiro atoms. The molecular weight excluding hydrogens is 242 g/mol. The number of benzene rings is 1. The first-order valence-corrected chi connectivity index (χ1v) is 5.67. The van der Waals surface area contributed by atoms with Gasteiger partial charge in [-0.25, -0.2) is 4.79 Å². The van der Waals surface area contributed by atoms with Gasteiger partial charge in [0.25, 0.3) is 0 Å². The van der Waals surface area contributed by atoms with Crippen LogP contribution in [0, 0.1) is 0 Å². The van der Waals surface area contributed by atoms with E-state index in [0.717, 1.165) is 5.56 Å². The molecular formula is C12H14ClNO3.